The van der Waals surface area contributed by atoms with Crippen LogP contribution >= 0.6 is 0 Å². The monoisotopic (exact) mass is 392 g/mol. The van der Waals surface area contributed by atoms with Crippen LogP contribution < -0.4 is 11.1 Å². The number of hydrogen-bond acceptors (Lipinski definition) is 4. The van der Waals surface area contributed by atoms with Crippen LogP contribution in [0.1, 0.15) is 6.42 Å². The van der Waals surface area contributed by atoms with E-state index in [0.717, 1.165) is 19.6 Å². The van der Waals surface area contributed by atoms with Gasteiger partial charge in [-0.2, -0.15) is 0 Å². The van der Waals surface area contributed by atoms with Crippen molar-refractivity contribution in [2.24, 2.45) is 5.73 Å². The average Bonchev–Trinajstić information content (AvgIpc) is 2.33. The predicted molar refractivity (Wildman–Crippen MR) is 116 cm³/mol. The molecule has 0 radical (unpaired) electrons. The minimum absolute atomic E-state index is 0.427. The third-order valence-electron chi connectivity index (χ3n) is 3.99. The lowest BCUT2D eigenvalue weighted by molar-refractivity contribution is 0.0375. The molecular formula is C17H44N2O2Si3. The number of aliphatic hydroxyl groups excluding tert-OH is 1. The minimum atomic E-state index is -1.17. The summed E-state index contributed by atoms with van der Waals surface area (Å²) in [6.45, 7) is 20.9. The number of nitrogens with two attached hydrogens (primary N) is 1. The van der Waals surface area contributed by atoms with Gasteiger partial charge in [0.15, 0.2) is 0 Å². The van der Waals surface area contributed by atoms with Crippen molar-refractivity contribution < 1.29 is 9.84 Å². The number of aliphatic hydroxyl groups is 1. The zero-order valence-corrected chi connectivity index (χ0v) is 20.4. The Bertz CT molecular complexity index is 315. The Kier molecular flexibility index (Phi) is 11.5. The van der Waals surface area contributed by atoms with E-state index in [-0.39, 0.29) is 0 Å². The van der Waals surface area contributed by atoms with E-state index >= 15 is 0 Å². The number of ether oxygens (including phenoxy) is 1. The van der Waals surface area contributed by atoms with Gasteiger partial charge in [-0.05, 0) is 6.42 Å². The lowest BCUT2D eigenvalue weighted by Gasteiger charge is -2.37. The molecule has 0 aromatic heterocycles. The molecule has 4 N–H and O–H groups in total. The van der Waals surface area contributed by atoms with Crippen LogP contribution in [0, 0.1) is 0 Å². The van der Waals surface area contributed by atoms with Gasteiger partial charge in [-0.3, -0.25) is 0 Å². The summed E-state index contributed by atoms with van der Waals surface area (Å²) in [7, 11) is -3.19. The third-order valence-corrected chi connectivity index (χ3v) is 20.9. The summed E-state index contributed by atoms with van der Waals surface area (Å²) in [6, 6.07) is 1.38. The molecule has 0 aliphatic carbocycles. The summed E-state index contributed by atoms with van der Waals surface area (Å²) in [5.74, 6) is 0. The van der Waals surface area contributed by atoms with E-state index < -0.39 is 30.3 Å². The van der Waals surface area contributed by atoms with Gasteiger partial charge in [-0.1, -0.05) is 63.2 Å². The highest BCUT2D eigenvalue weighted by molar-refractivity contribution is 7.02. The van der Waals surface area contributed by atoms with Crippen LogP contribution in [0.25, 0.3) is 0 Å². The molecule has 0 saturated heterocycles. The maximum Gasteiger partial charge on any atom is 0.0897 e. The van der Waals surface area contributed by atoms with Gasteiger partial charge < -0.3 is 20.9 Å². The number of rotatable bonds is 14. The van der Waals surface area contributed by atoms with Crippen LogP contribution in [-0.2, 0) is 4.74 Å². The zero-order chi connectivity index (χ0) is 18.9. The number of nitrogens with one attached hydrogen (secondary N) is 1. The van der Waals surface area contributed by atoms with Crippen molar-refractivity contribution in [3.63, 3.8) is 0 Å². The molecule has 1 unspecified atom stereocenters. The highest BCUT2D eigenvalue weighted by Crippen LogP contribution is 2.32. The van der Waals surface area contributed by atoms with E-state index in [0.29, 0.717) is 19.7 Å². The third kappa shape index (κ3) is 14.8. The lowest BCUT2D eigenvalue weighted by Crippen LogP contribution is -2.45. The van der Waals surface area contributed by atoms with Crippen LogP contribution in [0.2, 0.25) is 63.2 Å². The normalized spacial score (nSPS) is 14.9. The smallest absolute Gasteiger partial charge is 0.0897 e. The Labute approximate surface area is 154 Å². The van der Waals surface area contributed by atoms with Gasteiger partial charge in [0.05, 0.1) is 12.7 Å². The van der Waals surface area contributed by atoms with Crippen molar-refractivity contribution in [1.29, 1.82) is 0 Å². The first kappa shape index (κ1) is 24.5. The molecule has 0 rings (SSSR count). The fourth-order valence-corrected chi connectivity index (χ4v) is 28.6. The standard InChI is InChI=1S/C17H44N2O2Si3/c1-22(2,3)15-24(7,16-23(4,5)6)12-8-11-21-14-17(20)13-19-10-9-18/h17,19-20H,8-16,18H2,1-7H3. The van der Waals surface area contributed by atoms with Crippen molar-refractivity contribution in [3.05, 3.63) is 0 Å². The second-order valence-electron chi connectivity index (χ2n) is 10.1. The van der Waals surface area contributed by atoms with Gasteiger partial charge in [0.2, 0.25) is 0 Å². The molecule has 0 aliphatic heterocycles. The summed E-state index contributed by atoms with van der Waals surface area (Å²) >= 11 is 0. The first-order valence-corrected chi connectivity index (χ1v) is 20.1. The molecule has 4 nitrogen and oxygen atoms in total. The fraction of sp³-hybridized carbons (Fsp3) is 1.00. The summed E-state index contributed by atoms with van der Waals surface area (Å²) in [5.41, 5.74) is 8.49. The van der Waals surface area contributed by atoms with Crippen LogP contribution in [-0.4, -0.2) is 68.3 Å². The highest BCUT2D eigenvalue weighted by atomic mass is 28.4. The molecule has 146 valence electrons. The van der Waals surface area contributed by atoms with Crippen LogP contribution in [0.4, 0.5) is 0 Å². The SMILES string of the molecule is C[Si](C)(C)C[Si](C)(CCCOCC(O)CNCCN)C[Si](C)(C)C. The molecule has 0 saturated carbocycles. The van der Waals surface area contributed by atoms with Crippen molar-refractivity contribution in [1.82, 2.24) is 5.32 Å². The molecule has 1 atom stereocenters. The minimum Gasteiger partial charge on any atom is -0.389 e. The van der Waals surface area contributed by atoms with E-state index in [4.69, 9.17) is 10.5 Å². The second-order valence-corrected chi connectivity index (χ2v) is 27.3. The van der Waals surface area contributed by atoms with Crippen LogP contribution in [0.5, 0.6) is 0 Å². The largest absolute Gasteiger partial charge is 0.389 e. The zero-order valence-electron chi connectivity index (χ0n) is 17.4. The van der Waals surface area contributed by atoms with Crippen molar-refractivity contribution in [2.45, 2.75) is 75.7 Å². The lowest BCUT2D eigenvalue weighted by atomic mass is 10.3. The molecule has 0 fully saturated rings. The van der Waals surface area contributed by atoms with Crippen molar-refractivity contribution >= 4 is 24.2 Å². The molecule has 0 bridgehead atoms. The predicted octanol–water partition coefficient (Wildman–Crippen LogP) is 3.14. The maximum atomic E-state index is 9.83. The Morgan fingerprint density at radius 2 is 1.54 bits per heavy atom. The molecular weight excluding hydrogens is 348 g/mol. The Balaban J connectivity index is 4.19. The molecule has 0 heterocycles. The second kappa shape index (κ2) is 11.3. The highest BCUT2D eigenvalue weighted by Gasteiger charge is 2.36. The van der Waals surface area contributed by atoms with Gasteiger partial charge in [0, 0.05) is 50.5 Å². The first-order valence-electron chi connectivity index (χ1n) is 9.54. The Hall–Kier alpha value is 0.491. The molecule has 7 heteroatoms. The van der Waals surface area contributed by atoms with Crippen molar-refractivity contribution in [2.75, 3.05) is 32.8 Å². The topological polar surface area (TPSA) is 67.5 Å². The Morgan fingerprint density at radius 3 is 2.00 bits per heavy atom. The van der Waals surface area contributed by atoms with Gasteiger partial charge in [0.1, 0.15) is 0 Å². The molecule has 0 aromatic carbocycles. The van der Waals surface area contributed by atoms with Crippen LogP contribution in [0.3, 0.4) is 0 Å². The maximum absolute atomic E-state index is 9.83. The summed E-state index contributed by atoms with van der Waals surface area (Å²) in [4.78, 5) is 0. The van der Waals surface area contributed by atoms with Gasteiger partial charge in [-0.25, -0.2) is 0 Å². The van der Waals surface area contributed by atoms with E-state index in [2.05, 4.69) is 51.1 Å². The molecule has 0 aromatic rings. The molecule has 24 heavy (non-hydrogen) atoms. The fourth-order valence-electron chi connectivity index (χ4n) is 4.05. The van der Waals surface area contributed by atoms with Crippen molar-refractivity contribution in [3.8, 4) is 0 Å². The quantitative estimate of drug-likeness (QED) is 0.314. The Morgan fingerprint density at radius 1 is 1.00 bits per heavy atom. The molecule has 0 spiro atoms. The van der Waals surface area contributed by atoms with E-state index in [1.165, 1.54) is 17.4 Å². The van der Waals surface area contributed by atoms with E-state index in [9.17, 15) is 5.11 Å². The summed E-state index contributed by atoms with van der Waals surface area (Å²) in [6.07, 6.45) is 0.727. The van der Waals surface area contributed by atoms with Crippen LogP contribution in [0.15, 0.2) is 0 Å². The molecule has 0 amide bonds. The van der Waals surface area contributed by atoms with Gasteiger partial charge in [-0.15, -0.1) is 0 Å². The van der Waals surface area contributed by atoms with Gasteiger partial charge in [0.25, 0.3) is 0 Å². The number of hydrogen-bond donors (Lipinski definition) is 3. The van der Waals surface area contributed by atoms with Gasteiger partial charge >= 0.3 is 0 Å². The van der Waals surface area contributed by atoms with E-state index in [1.807, 2.05) is 0 Å². The summed E-state index contributed by atoms with van der Waals surface area (Å²) in [5, 5.41) is 12.9. The van der Waals surface area contributed by atoms with E-state index in [1.54, 1.807) is 0 Å². The molecule has 0 aliphatic rings. The first-order chi connectivity index (χ1) is 10.9. The summed E-state index contributed by atoms with van der Waals surface area (Å²) < 4.78 is 5.71. The average molecular weight is 393 g/mol.